The fourth-order valence-electron chi connectivity index (χ4n) is 6.04. The van der Waals surface area contributed by atoms with E-state index in [1.807, 2.05) is 0 Å². The fourth-order valence-corrected chi connectivity index (χ4v) is 6.04. The summed E-state index contributed by atoms with van der Waals surface area (Å²) in [7, 11) is 5.55. The second kappa shape index (κ2) is 29.2. The summed E-state index contributed by atoms with van der Waals surface area (Å²) in [6.45, 7) is 0.574. The van der Waals surface area contributed by atoms with Crippen LogP contribution in [-0.2, 0) is 71.7 Å². The lowest BCUT2D eigenvalue weighted by Crippen LogP contribution is -2.56. The second-order valence-corrected chi connectivity index (χ2v) is 13.5. The van der Waals surface area contributed by atoms with Crippen molar-refractivity contribution in [3.8, 4) is 0 Å². The van der Waals surface area contributed by atoms with E-state index in [0.717, 1.165) is 0 Å². The predicted molar refractivity (Wildman–Crippen MR) is 205 cm³/mol. The Morgan fingerprint density at radius 1 is 0.610 bits per heavy atom. The lowest BCUT2D eigenvalue weighted by atomic mass is 9.89. The standard InChI is InChI=1S/C37H59N7O15/c1-56-18-13-39-34(52)28(46)11-7-23(30(48)36(54)41-15-20-58-3)22-24(45)8-10-27(44-17-5-6-26(44)32(38)50)33(51)43-25(31(49)37(55)42-16-21-59-4)9-12-29(47)35(53)40-14-19-57-2/h23,25-27H,5-22H2,1-4H3,(H2,38,50)(H,39,52)(H,40,53)(H,41,54)(H,42,55)(H,43,51)/t23?,25?,26-,27?/m0/s1. The molecule has 0 aromatic heterocycles. The molecule has 1 saturated heterocycles. The van der Waals surface area contributed by atoms with Crippen molar-refractivity contribution >= 4 is 64.4 Å². The summed E-state index contributed by atoms with van der Waals surface area (Å²) in [6, 6.07) is -3.88. The number of nitrogens with two attached hydrogens (primary N) is 1. The molecule has 1 heterocycles. The zero-order valence-corrected chi connectivity index (χ0v) is 34.2. The number of ketones is 5. The molecule has 332 valence electrons. The zero-order valence-electron chi connectivity index (χ0n) is 34.2. The summed E-state index contributed by atoms with van der Waals surface area (Å²) in [4.78, 5) is 143. The number of carbonyl (C=O) groups is 11. The minimum absolute atomic E-state index is 0.0235. The number of amides is 6. The van der Waals surface area contributed by atoms with E-state index in [-0.39, 0.29) is 78.4 Å². The highest BCUT2D eigenvalue weighted by Gasteiger charge is 2.40. The number of primary amides is 1. The molecule has 1 aliphatic rings. The molecule has 22 heteroatoms. The van der Waals surface area contributed by atoms with Gasteiger partial charge >= 0.3 is 0 Å². The lowest BCUT2D eigenvalue weighted by molar-refractivity contribution is -0.142. The number of Topliss-reactive ketones (excluding diaryl/α,β-unsaturated/α-hetero) is 5. The SMILES string of the molecule is COCCNC(=O)C(=O)CCC(CC(=O)CCC(C(=O)NC(CCC(=O)C(=O)NCCOC)C(=O)C(=O)NCCOC)N1CCC[C@H]1C(N)=O)C(=O)C(=O)NCCOC. The molecule has 0 aromatic carbocycles. The van der Waals surface area contributed by atoms with Gasteiger partial charge in [0, 0.05) is 86.2 Å². The van der Waals surface area contributed by atoms with Gasteiger partial charge in [-0.15, -0.1) is 0 Å². The van der Waals surface area contributed by atoms with E-state index in [1.54, 1.807) is 0 Å². The van der Waals surface area contributed by atoms with E-state index in [9.17, 15) is 52.7 Å². The van der Waals surface area contributed by atoms with Crippen molar-refractivity contribution in [1.29, 1.82) is 0 Å². The van der Waals surface area contributed by atoms with Crippen molar-refractivity contribution < 1.29 is 71.7 Å². The van der Waals surface area contributed by atoms with Crippen LogP contribution < -0.4 is 32.3 Å². The average molecular weight is 842 g/mol. The van der Waals surface area contributed by atoms with Crippen LogP contribution in [0.3, 0.4) is 0 Å². The molecule has 4 atom stereocenters. The second-order valence-electron chi connectivity index (χ2n) is 13.5. The molecule has 1 rings (SSSR count). The molecule has 1 aliphatic heterocycles. The number of hydrogen-bond acceptors (Lipinski definition) is 16. The van der Waals surface area contributed by atoms with Gasteiger partial charge in [-0.3, -0.25) is 57.6 Å². The van der Waals surface area contributed by atoms with E-state index in [1.165, 1.54) is 33.3 Å². The van der Waals surface area contributed by atoms with Gasteiger partial charge in [0.05, 0.1) is 44.6 Å². The van der Waals surface area contributed by atoms with Crippen LogP contribution in [-0.4, -0.2) is 175 Å². The van der Waals surface area contributed by atoms with Crippen molar-refractivity contribution in [2.45, 2.75) is 75.9 Å². The summed E-state index contributed by atoms with van der Waals surface area (Å²) < 4.78 is 19.4. The Kier molecular flexibility index (Phi) is 25.7. The van der Waals surface area contributed by atoms with Gasteiger partial charge in [-0.05, 0) is 38.6 Å². The minimum Gasteiger partial charge on any atom is -0.383 e. The molecule has 0 aliphatic carbocycles. The van der Waals surface area contributed by atoms with E-state index >= 15 is 0 Å². The summed E-state index contributed by atoms with van der Waals surface area (Å²) in [5.74, 6) is -11.7. The fraction of sp³-hybridized carbons (Fsp3) is 0.703. The number of likely N-dealkylation sites (tertiary alicyclic amines) is 1. The van der Waals surface area contributed by atoms with Crippen molar-refractivity contribution in [2.75, 3.05) is 87.6 Å². The molecular formula is C37H59N7O15. The lowest BCUT2D eigenvalue weighted by Gasteiger charge is -2.32. The first kappa shape index (κ1) is 52.0. The van der Waals surface area contributed by atoms with Gasteiger partial charge in [0.25, 0.3) is 23.6 Å². The van der Waals surface area contributed by atoms with Crippen LogP contribution in [0.2, 0.25) is 0 Å². The molecule has 0 bridgehead atoms. The van der Waals surface area contributed by atoms with Crippen LogP contribution in [0.4, 0.5) is 0 Å². The number of nitrogens with zero attached hydrogens (tertiary/aromatic N) is 1. The van der Waals surface area contributed by atoms with Gasteiger partial charge in [0.1, 0.15) is 5.78 Å². The van der Waals surface area contributed by atoms with Crippen molar-refractivity contribution in [3.05, 3.63) is 0 Å². The van der Waals surface area contributed by atoms with Gasteiger partial charge in [0.15, 0.2) is 0 Å². The summed E-state index contributed by atoms with van der Waals surface area (Å²) in [6.07, 6.45) is -2.38. The Hall–Kier alpha value is -5.03. The van der Waals surface area contributed by atoms with Crippen LogP contribution in [0.1, 0.15) is 57.8 Å². The van der Waals surface area contributed by atoms with Gasteiger partial charge < -0.3 is 51.3 Å². The Morgan fingerprint density at radius 3 is 1.54 bits per heavy atom. The molecule has 3 unspecified atom stereocenters. The summed E-state index contributed by atoms with van der Waals surface area (Å²) in [5.41, 5.74) is 5.64. The molecule has 59 heavy (non-hydrogen) atoms. The molecule has 7 N–H and O–H groups in total. The molecule has 22 nitrogen and oxygen atoms in total. The monoisotopic (exact) mass is 841 g/mol. The normalized spacial score (nSPS) is 15.2. The molecule has 6 amide bonds. The number of methoxy groups -OCH3 is 4. The van der Waals surface area contributed by atoms with Crippen molar-refractivity contribution in [2.24, 2.45) is 11.7 Å². The van der Waals surface area contributed by atoms with Crippen molar-refractivity contribution in [3.63, 3.8) is 0 Å². The highest BCUT2D eigenvalue weighted by molar-refractivity contribution is 6.39. The first-order valence-corrected chi connectivity index (χ1v) is 19.2. The van der Waals surface area contributed by atoms with Crippen LogP contribution in [0.15, 0.2) is 0 Å². The predicted octanol–water partition coefficient (Wildman–Crippen LogP) is -3.97. The summed E-state index contributed by atoms with van der Waals surface area (Å²) >= 11 is 0. The molecule has 1 fully saturated rings. The Balaban J connectivity index is 3.32. The van der Waals surface area contributed by atoms with Crippen molar-refractivity contribution in [1.82, 2.24) is 31.5 Å². The Labute approximate surface area is 342 Å². The maximum Gasteiger partial charge on any atom is 0.289 e. The zero-order chi connectivity index (χ0) is 44.3. The molecule has 0 saturated carbocycles. The minimum atomic E-state index is -1.63. The third kappa shape index (κ3) is 19.5. The number of hydrogen-bond donors (Lipinski definition) is 6. The van der Waals surface area contributed by atoms with Gasteiger partial charge in [-0.1, -0.05) is 0 Å². The smallest absolute Gasteiger partial charge is 0.289 e. The van der Waals surface area contributed by atoms with Gasteiger partial charge in [0.2, 0.25) is 34.9 Å². The first-order chi connectivity index (χ1) is 28.1. The largest absolute Gasteiger partial charge is 0.383 e. The summed E-state index contributed by atoms with van der Waals surface area (Å²) in [5, 5.41) is 11.9. The number of rotatable bonds is 33. The van der Waals surface area contributed by atoms with E-state index in [4.69, 9.17) is 24.7 Å². The topological polar surface area (TPSA) is 314 Å². The van der Waals surface area contributed by atoms with E-state index in [0.29, 0.717) is 6.42 Å². The Morgan fingerprint density at radius 2 is 1.07 bits per heavy atom. The number of ether oxygens (including phenoxy) is 4. The average Bonchev–Trinajstić information content (AvgIpc) is 3.70. The third-order valence-corrected chi connectivity index (χ3v) is 9.20. The van der Waals surface area contributed by atoms with Gasteiger partial charge in [-0.25, -0.2) is 0 Å². The van der Waals surface area contributed by atoms with Gasteiger partial charge in [-0.2, -0.15) is 0 Å². The van der Waals surface area contributed by atoms with E-state index < -0.39 is 121 Å². The maximum absolute atomic E-state index is 14.0. The highest BCUT2D eigenvalue weighted by Crippen LogP contribution is 2.24. The molecule has 0 radical (unpaired) electrons. The molecule has 0 spiro atoms. The quantitative estimate of drug-likeness (QED) is 0.0271. The first-order valence-electron chi connectivity index (χ1n) is 19.2. The van der Waals surface area contributed by atoms with E-state index in [2.05, 4.69) is 26.6 Å². The van der Waals surface area contributed by atoms with Crippen LogP contribution in [0, 0.1) is 5.92 Å². The number of carbonyl (C=O) groups excluding carboxylic acids is 11. The third-order valence-electron chi connectivity index (χ3n) is 9.20. The van der Waals surface area contributed by atoms with Crippen LogP contribution >= 0.6 is 0 Å². The number of nitrogens with one attached hydrogen (secondary N) is 5. The highest BCUT2D eigenvalue weighted by atomic mass is 16.5. The Bertz CT molecular complexity index is 1490. The molecular weight excluding hydrogens is 782 g/mol. The van der Waals surface area contributed by atoms with Crippen LogP contribution in [0.25, 0.3) is 0 Å². The molecule has 0 aromatic rings. The maximum atomic E-state index is 14.0. The van der Waals surface area contributed by atoms with Crippen LogP contribution in [0.5, 0.6) is 0 Å².